The molecule has 0 amide bonds. The van der Waals surface area contributed by atoms with Crippen molar-refractivity contribution in [3.63, 3.8) is 0 Å². The summed E-state index contributed by atoms with van der Waals surface area (Å²) in [4.78, 5) is 0. The van der Waals surface area contributed by atoms with Gasteiger partial charge in [-0.05, 0) is 30.0 Å². The Balaban J connectivity index is 2.92. The molecule has 3 nitrogen and oxygen atoms in total. The Morgan fingerprint density at radius 1 is 1.27 bits per heavy atom. The van der Waals surface area contributed by atoms with E-state index in [9.17, 15) is 0 Å². The van der Waals surface area contributed by atoms with Crippen molar-refractivity contribution in [1.29, 1.82) is 0 Å². The van der Waals surface area contributed by atoms with Gasteiger partial charge in [0.2, 0.25) is 0 Å². The monoisotopic (exact) mass is 210 g/mol. The lowest BCUT2D eigenvalue weighted by Crippen LogP contribution is -2.01. The molecule has 1 N–H and O–H groups in total. The van der Waals surface area contributed by atoms with Gasteiger partial charge in [-0.3, -0.25) is 0 Å². The van der Waals surface area contributed by atoms with Gasteiger partial charge in [0, 0.05) is 13.7 Å². The van der Waals surface area contributed by atoms with E-state index in [2.05, 4.69) is 0 Å². The molecule has 1 rings (SSSR count). The molecule has 0 saturated carbocycles. The summed E-state index contributed by atoms with van der Waals surface area (Å²) >= 11 is 0. The maximum atomic E-state index is 8.84. The van der Waals surface area contributed by atoms with E-state index in [4.69, 9.17) is 14.6 Å². The van der Waals surface area contributed by atoms with Crippen LogP contribution < -0.4 is 4.74 Å². The third kappa shape index (κ3) is 3.22. The average molecular weight is 210 g/mol. The van der Waals surface area contributed by atoms with Gasteiger partial charge >= 0.3 is 0 Å². The molecule has 0 atom stereocenters. The molecule has 15 heavy (non-hydrogen) atoms. The lowest BCUT2D eigenvalue weighted by molar-refractivity contribution is 0.183. The Morgan fingerprint density at radius 2 is 2.07 bits per heavy atom. The minimum atomic E-state index is 0.199. The molecule has 0 bridgehead atoms. The van der Waals surface area contributed by atoms with Crippen molar-refractivity contribution in [1.82, 2.24) is 0 Å². The second-order valence-electron chi connectivity index (χ2n) is 3.36. The number of methoxy groups -OCH3 is 2. The van der Waals surface area contributed by atoms with Gasteiger partial charge < -0.3 is 14.6 Å². The summed E-state index contributed by atoms with van der Waals surface area (Å²) in [5.74, 6) is 0.873. The van der Waals surface area contributed by atoms with Crippen LogP contribution in [0.3, 0.4) is 0 Å². The van der Waals surface area contributed by atoms with Gasteiger partial charge in [-0.2, -0.15) is 0 Å². The van der Waals surface area contributed by atoms with E-state index in [-0.39, 0.29) is 6.61 Å². The maximum absolute atomic E-state index is 8.84. The zero-order valence-corrected chi connectivity index (χ0v) is 9.32. The minimum Gasteiger partial charge on any atom is -0.496 e. The number of hydrogen-bond acceptors (Lipinski definition) is 3. The quantitative estimate of drug-likeness (QED) is 0.777. The molecule has 0 spiro atoms. The van der Waals surface area contributed by atoms with E-state index in [1.54, 1.807) is 14.2 Å². The third-order valence-corrected chi connectivity index (χ3v) is 2.33. The molecule has 1 aromatic carbocycles. The Bertz CT molecular complexity index is 297. The van der Waals surface area contributed by atoms with Crippen LogP contribution in [0, 0.1) is 0 Å². The molecule has 0 heterocycles. The maximum Gasteiger partial charge on any atom is 0.122 e. The predicted molar refractivity (Wildman–Crippen MR) is 59.1 cm³/mol. The number of benzene rings is 1. The second-order valence-corrected chi connectivity index (χ2v) is 3.36. The van der Waals surface area contributed by atoms with Gasteiger partial charge in [-0.25, -0.2) is 0 Å². The second kappa shape index (κ2) is 6.43. The summed E-state index contributed by atoms with van der Waals surface area (Å²) in [5, 5.41) is 8.84. The lowest BCUT2D eigenvalue weighted by atomic mass is 10.0. The summed E-state index contributed by atoms with van der Waals surface area (Å²) < 4.78 is 10.4. The zero-order chi connectivity index (χ0) is 11.1. The Hall–Kier alpha value is -1.06. The van der Waals surface area contributed by atoms with Crippen LogP contribution in [0.15, 0.2) is 18.2 Å². The summed E-state index contributed by atoms with van der Waals surface area (Å²) in [6.07, 6.45) is 1.57. The number of rotatable bonds is 6. The molecular formula is C12H18O3. The van der Waals surface area contributed by atoms with E-state index in [1.165, 1.54) is 0 Å². The number of aliphatic hydroxyl groups is 1. The Morgan fingerprint density at radius 3 is 2.67 bits per heavy atom. The topological polar surface area (TPSA) is 38.7 Å². The SMILES string of the molecule is COCc1cccc(OC)c1CCCO. The normalized spacial score (nSPS) is 10.3. The van der Waals surface area contributed by atoms with Crippen molar-refractivity contribution in [3.05, 3.63) is 29.3 Å². The van der Waals surface area contributed by atoms with E-state index in [1.807, 2.05) is 18.2 Å². The van der Waals surface area contributed by atoms with E-state index < -0.39 is 0 Å². The number of ether oxygens (including phenoxy) is 2. The summed E-state index contributed by atoms with van der Waals surface area (Å²) in [6.45, 7) is 0.780. The highest BCUT2D eigenvalue weighted by atomic mass is 16.5. The predicted octanol–water partition coefficient (Wildman–Crippen LogP) is 1.77. The molecule has 0 aliphatic heterocycles. The fourth-order valence-electron chi connectivity index (χ4n) is 1.63. The van der Waals surface area contributed by atoms with Crippen molar-refractivity contribution in [3.8, 4) is 5.75 Å². The zero-order valence-electron chi connectivity index (χ0n) is 9.32. The molecule has 1 aromatic rings. The molecule has 0 aliphatic rings. The summed E-state index contributed by atoms with van der Waals surface area (Å²) in [7, 11) is 3.34. The highest BCUT2D eigenvalue weighted by Gasteiger charge is 2.08. The van der Waals surface area contributed by atoms with Crippen LogP contribution >= 0.6 is 0 Å². The van der Waals surface area contributed by atoms with Gasteiger partial charge in [0.1, 0.15) is 5.75 Å². The average Bonchev–Trinajstić information content (AvgIpc) is 2.27. The van der Waals surface area contributed by atoms with Crippen LogP contribution in [0.5, 0.6) is 5.75 Å². The molecule has 0 aromatic heterocycles. The lowest BCUT2D eigenvalue weighted by Gasteiger charge is -2.12. The van der Waals surface area contributed by atoms with Crippen molar-refractivity contribution in [2.75, 3.05) is 20.8 Å². The largest absolute Gasteiger partial charge is 0.496 e. The fourth-order valence-corrected chi connectivity index (χ4v) is 1.63. The summed E-state index contributed by atoms with van der Waals surface area (Å²) in [6, 6.07) is 5.92. The van der Waals surface area contributed by atoms with Gasteiger partial charge in [0.25, 0.3) is 0 Å². The third-order valence-electron chi connectivity index (χ3n) is 2.33. The summed E-state index contributed by atoms with van der Waals surface area (Å²) in [5.41, 5.74) is 2.27. The first-order valence-electron chi connectivity index (χ1n) is 5.08. The Kier molecular flexibility index (Phi) is 5.15. The van der Waals surface area contributed by atoms with E-state index in [0.717, 1.165) is 29.7 Å². The molecule has 0 saturated heterocycles. The van der Waals surface area contributed by atoms with Crippen molar-refractivity contribution in [2.24, 2.45) is 0 Å². The molecule has 0 radical (unpaired) electrons. The first-order valence-corrected chi connectivity index (χ1v) is 5.08. The van der Waals surface area contributed by atoms with Gasteiger partial charge in [-0.1, -0.05) is 12.1 Å². The smallest absolute Gasteiger partial charge is 0.122 e. The van der Waals surface area contributed by atoms with E-state index in [0.29, 0.717) is 6.61 Å². The molecular weight excluding hydrogens is 192 g/mol. The van der Waals surface area contributed by atoms with Gasteiger partial charge in [0.05, 0.1) is 13.7 Å². The van der Waals surface area contributed by atoms with Crippen LogP contribution in [0.4, 0.5) is 0 Å². The van der Waals surface area contributed by atoms with Crippen molar-refractivity contribution in [2.45, 2.75) is 19.4 Å². The van der Waals surface area contributed by atoms with Crippen LogP contribution in [-0.4, -0.2) is 25.9 Å². The van der Waals surface area contributed by atoms with Gasteiger partial charge in [0.15, 0.2) is 0 Å². The molecule has 0 aliphatic carbocycles. The van der Waals surface area contributed by atoms with Crippen molar-refractivity contribution >= 4 is 0 Å². The number of aliphatic hydroxyl groups excluding tert-OH is 1. The first-order chi connectivity index (χ1) is 7.33. The minimum absolute atomic E-state index is 0.199. The molecule has 3 heteroatoms. The molecule has 0 unspecified atom stereocenters. The van der Waals surface area contributed by atoms with Crippen LogP contribution in [0.2, 0.25) is 0 Å². The van der Waals surface area contributed by atoms with Gasteiger partial charge in [-0.15, -0.1) is 0 Å². The fraction of sp³-hybridized carbons (Fsp3) is 0.500. The first kappa shape index (κ1) is 12.0. The molecule has 84 valence electrons. The highest BCUT2D eigenvalue weighted by Crippen LogP contribution is 2.24. The Labute approximate surface area is 90.6 Å². The van der Waals surface area contributed by atoms with E-state index >= 15 is 0 Å². The molecule has 0 fully saturated rings. The van der Waals surface area contributed by atoms with Crippen LogP contribution in [0.1, 0.15) is 17.5 Å². The standard InChI is InChI=1S/C12H18O3/c1-14-9-10-5-3-7-12(15-2)11(10)6-4-8-13/h3,5,7,13H,4,6,8-9H2,1-2H3. The van der Waals surface area contributed by atoms with Crippen LogP contribution in [-0.2, 0) is 17.8 Å². The van der Waals surface area contributed by atoms with Crippen molar-refractivity contribution < 1.29 is 14.6 Å². The number of hydrogen-bond donors (Lipinski definition) is 1. The van der Waals surface area contributed by atoms with Crippen LogP contribution in [0.25, 0.3) is 0 Å². The highest BCUT2D eigenvalue weighted by molar-refractivity contribution is 5.40.